The lowest BCUT2D eigenvalue weighted by molar-refractivity contribution is -0.443. The molecule has 2 saturated carbocycles. The summed E-state index contributed by atoms with van der Waals surface area (Å²) in [5.74, 6) is -7.44. The van der Waals surface area contributed by atoms with Gasteiger partial charge in [-0.3, -0.25) is 4.79 Å². The maximum absolute atomic E-state index is 13.8. The van der Waals surface area contributed by atoms with Crippen LogP contribution in [0.2, 0.25) is 0 Å². The van der Waals surface area contributed by atoms with E-state index in [1.54, 1.807) is 74.5 Å². The Balaban J connectivity index is 1.54. The number of fused-ring (bicyclic) bond motifs is 2. The lowest BCUT2D eigenvalue weighted by atomic mass is 9.52. The van der Waals surface area contributed by atoms with Gasteiger partial charge in [0.1, 0.15) is 23.9 Å². The third-order valence-corrected chi connectivity index (χ3v) is 10.9. The Morgan fingerprint density at radius 2 is 1.64 bits per heavy atom. The van der Waals surface area contributed by atoms with Crippen molar-refractivity contribution in [3.8, 4) is 0 Å². The number of esters is 1. The Hall–Kier alpha value is -3.26. The van der Waals surface area contributed by atoms with Crippen molar-refractivity contribution >= 4 is 11.8 Å². The molecule has 4 fully saturated rings. The van der Waals surface area contributed by atoms with Crippen molar-refractivity contribution in [3.05, 3.63) is 95.6 Å². The van der Waals surface area contributed by atoms with Crippen LogP contribution in [-0.2, 0) is 29.7 Å². The average molecular weight is 621 g/mol. The number of hydrogen-bond acceptors (Lipinski definition) is 11. The van der Waals surface area contributed by atoms with E-state index in [0.717, 1.165) is 0 Å². The number of ketones is 1. The van der Waals surface area contributed by atoms with Crippen LogP contribution in [-0.4, -0.2) is 90.7 Å². The molecule has 0 spiro atoms. The summed E-state index contributed by atoms with van der Waals surface area (Å²) in [5.41, 5.74) is -8.14. The van der Waals surface area contributed by atoms with Crippen LogP contribution < -0.4 is 0 Å². The first-order valence-electron chi connectivity index (χ1n) is 15.0. The number of rotatable bonds is 5. The molecule has 2 unspecified atom stereocenters. The normalized spacial score (nSPS) is 46.2. The van der Waals surface area contributed by atoms with Crippen molar-refractivity contribution in [1.29, 1.82) is 0 Å². The molecule has 5 aliphatic rings. The quantitative estimate of drug-likeness (QED) is 0.240. The number of carbonyl (C=O) groups excluding carboxylic acids is 2. The molecule has 3 aliphatic carbocycles. The predicted molar refractivity (Wildman–Crippen MR) is 155 cm³/mol. The lowest BCUT2D eigenvalue weighted by Gasteiger charge is -2.62. The number of carbonyl (C=O) groups is 2. The summed E-state index contributed by atoms with van der Waals surface area (Å²) in [6.45, 7) is 7.77. The van der Waals surface area contributed by atoms with Gasteiger partial charge in [0.25, 0.3) is 0 Å². The zero-order valence-electron chi connectivity index (χ0n) is 25.0. The summed E-state index contributed by atoms with van der Waals surface area (Å²) in [4.78, 5) is 27.5. The molecule has 0 aromatic heterocycles. The molecule has 2 aliphatic heterocycles. The van der Waals surface area contributed by atoms with Crippen LogP contribution in [0.3, 0.4) is 0 Å². The van der Waals surface area contributed by atoms with Gasteiger partial charge in [-0.15, -0.1) is 0 Å². The molecule has 2 aromatic carbocycles. The lowest BCUT2D eigenvalue weighted by Crippen LogP contribution is -2.77. The van der Waals surface area contributed by atoms with Gasteiger partial charge in [-0.2, -0.15) is 0 Å². The SMILES string of the molecule is C=C(C)[C@@]12OC3(c4ccccc4)O[C@@H]1[C@@H]1[C@H](O)[C@](O)(CO)[C@@H](O)[C@]4(O)C(=O)C(C)=C[C@H]4C1(O3)[C@H](C)[C@H]2OC(=O)c1ccccc1. The Morgan fingerprint density at radius 1 is 1.02 bits per heavy atom. The van der Waals surface area contributed by atoms with Crippen LogP contribution >= 0.6 is 0 Å². The largest absolute Gasteiger partial charge is 0.455 e. The van der Waals surface area contributed by atoms with Gasteiger partial charge in [0.15, 0.2) is 17.0 Å². The summed E-state index contributed by atoms with van der Waals surface area (Å²) in [7, 11) is 0. The van der Waals surface area contributed by atoms with E-state index >= 15 is 0 Å². The Morgan fingerprint density at radius 3 is 2.24 bits per heavy atom. The van der Waals surface area contributed by atoms with Gasteiger partial charge in [0.2, 0.25) is 0 Å². The summed E-state index contributed by atoms with van der Waals surface area (Å²) >= 11 is 0. The van der Waals surface area contributed by atoms with Gasteiger partial charge in [-0.25, -0.2) is 4.79 Å². The number of benzene rings is 2. The number of hydrogen-bond donors (Lipinski definition) is 5. The third-order valence-electron chi connectivity index (χ3n) is 10.9. The smallest absolute Gasteiger partial charge is 0.338 e. The van der Waals surface area contributed by atoms with E-state index in [0.29, 0.717) is 11.1 Å². The first-order valence-corrected chi connectivity index (χ1v) is 15.0. The molecule has 45 heavy (non-hydrogen) atoms. The summed E-state index contributed by atoms with van der Waals surface area (Å²) in [5, 5.41) is 58.3. The topological polar surface area (TPSA) is 172 Å². The van der Waals surface area contributed by atoms with Crippen LogP contribution in [0.15, 0.2) is 84.5 Å². The molecule has 238 valence electrons. The molecule has 2 heterocycles. The predicted octanol–water partition coefficient (Wildman–Crippen LogP) is 1.12. The van der Waals surface area contributed by atoms with Gasteiger partial charge in [-0.1, -0.05) is 68.1 Å². The Kier molecular flexibility index (Phi) is 6.50. The Labute approximate surface area is 259 Å². The van der Waals surface area contributed by atoms with Crippen molar-refractivity contribution in [2.24, 2.45) is 17.8 Å². The van der Waals surface area contributed by atoms with Gasteiger partial charge < -0.3 is 44.5 Å². The maximum atomic E-state index is 13.8. The first-order chi connectivity index (χ1) is 21.3. The summed E-state index contributed by atoms with van der Waals surface area (Å²) in [6.07, 6.45) is -5.49. The van der Waals surface area contributed by atoms with Crippen molar-refractivity contribution in [2.75, 3.05) is 6.61 Å². The number of aliphatic hydroxyl groups excluding tert-OH is 3. The molecule has 11 heteroatoms. The molecule has 3 bridgehead atoms. The minimum absolute atomic E-state index is 0.0743. The fourth-order valence-electron chi connectivity index (χ4n) is 8.73. The van der Waals surface area contributed by atoms with Crippen LogP contribution in [0.1, 0.15) is 36.7 Å². The molecule has 0 amide bonds. The second-order valence-corrected chi connectivity index (χ2v) is 13.1. The van der Waals surface area contributed by atoms with E-state index in [1.807, 2.05) is 0 Å². The van der Waals surface area contributed by atoms with E-state index in [-0.39, 0.29) is 11.1 Å². The van der Waals surface area contributed by atoms with Gasteiger partial charge in [-0.05, 0) is 37.1 Å². The maximum Gasteiger partial charge on any atom is 0.338 e. The zero-order valence-corrected chi connectivity index (χ0v) is 25.0. The molecular formula is C34H36O11. The van der Waals surface area contributed by atoms with Crippen molar-refractivity contribution in [3.63, 3.8) is 0 Å². The standard InChI is InChI=1S/C34H36O11/c1-17(2)32-26(42-28(38)20-11-7-5-8-12-20)19(4)33-22-15-18(3)24(36)31(22,41)29(39)30(40,16-35)25(37)23(33)27(32)43-34(44-32,45-33)21-13-9-6-10-14-21/h5-15,19,22-23,25-27,29,35,37,39-41H,1,16H2,2-4H3/t19-,22-,23+,25+,26-,27-,29-,30-,31-,32+,33?,34?/m1/s1. The molecule has 0 radical (unpaired) electrons. The second kappa shape index (κ2) is 9.63. The van der Waals surface area contributed by atoms with E-state index < -0.39 is 88.9 Å². The van der Waals surface area contributed by atoms with Crippen LogP contribution in [0.4, 0.5) is 0 Å². The van der Waals surface area contributed by atoms with E-state index in [2.05, 4.69) is 6.58 Å². The highest BCUT2D eigenvalue weighted by Crippen LogP contribution is 2.71. The minimum Gasteiger partial charge on any atom is -0.455 e. The summed E-state index contributed by atoms with van der Waals surface area (Å²) < 4.78 is 26.7. The van der Waals surface area contributed by atoms with Gasteiger partial charge in [0, 0.05) is 23.3 Å². The number of ether oxygens (including phenoxy) is 4. The third kappa shape index (κ3) is 3.47. The highest BCUT2D eigenvalue weighted by Gasteiger charge is 2.87. The molecule has 11 nitrogen and oxygen atoms in total. The van der Waals surface area contributed by atoms with Crippen LogP contribution in [0.25, 0.3) is 0 Å². The van der Waals surface area contributed by atoms with Crippen LogP contribution in [0, 0.1) is 17.8 Å². The number of Topliss-reactive ketones (excluding diaryl/α,β-unsaturated/α-hetero) is 1. The molecule has 12 atom stereocenters. The second-order valence-electron chi connectivity index (χ2n) is 13.1. The fourth-order valence-corrected chi connectivity index (χ4v) is 8.73. The van der Waals surface area contributed by atoms with E-state index in [4.69, 9.17) is 18.9 Å². The molecular weight excluding hydrogens is 584 g/mol. The molecule has 7 rings (SSSR count). The minimum atomic E-state index is -2.82. The highest BCUT2D eigenvalue weighted by atomic mass is 16.9. The Bertz CT molecular complexity index is 1610. The van der Waals surface area contributed by atoms with Crippen molar-refractivity contribution < 1.29 is 54.1 Å². The number of aliphatic hydroxyl groups is 5. The molecule has 2 saturated heterocycles. The molecule has 5 N–H and O–H groups in total. The van der Waals surface area contributed by atoms with E-state index in [9.17, 15) is 35.1 Å². The van der Waals surface area contributed by atoms with Gasteiger partial charge in [0.05, 0.1) is 23.9 Å². The highest BCUT2D eigenvalue weighted by molar-refractivity contribution is 6.05. The average Bonchev–Trinajstić information content (AvgIpc) is 3.43. The van der Waals surface area contributed by atoms with Gasteiger partial charge >= 0.3 is 11.9 Å². The monoisotopic (exact) mass is 620 g/mol. The van der Waals surface area contributed by atoms with E-state index in [1.165, 1.54) is 13.0 Å². The van der Waals surface area contributed by atoms with Crippen molar-refractivity contribution in [2.45, 2.75) is 73.6 Å². The first kappa shape index (κ1) is 30.4. The zero-order chi connectivity index (χ0) is 32.3. The fraction of sp³-hybridized carbons (Fsp3) is 0.471. The molecule has 2 aromatic rings. The van der Waals surface area contributed by atoms with Crippen LogP contribution in [0.5, 0.6) is 0 Å². The summed E-state index contributed by atoms with van der Waals surface area (Å²) in [6, 6.07) is 16.9. The van der Waals surface area contributed by atoms with Crippen molar-refractivity contribution in [1.82, 2.24) is 0 Å².